The third-order valence-corrected chi connectivity index (χ3v) is 7.16. The van der Waals surface area contributed by atoms with Crippen molar-refractivity contribution in [3.8, 4) is 0 Å². The van der Waals surface area contributed by atoms with E-state index in [-0.39, 0.29) is 5.91 Å². The fourth-order valence-corrected chi connectivity index (χ4v) is 5.93. The maximum absolute atomic E-state index is 13.0. The number of hydrogen-bond acceptors (Lipinski definition) is 3. The molecule has 0 N–H and O–H groups in total. The van der Waals surface area contributed by atoms with Crippen molar-refractivity contribution in [2.45, 2.75) is 44.2 Å². The first-order chi connectivity index (χ1) is 13.7. The van der Waals surface area contributed by atoms with E-state index >= 15 is 0 Å². The van der Waals surface area contributed by atoms with Crippen LogP contribution in [0.3, 0.4) is 0 Å². The lowest BCUT2D eigenvalue weighted by Gasteiger charge is -2.55. The Bertz CT molecular complexity index is 832. The number of aromatic nitrogens is 2. The number of rotatable bonds is 3. The van der Waals surface area contributed by atoms with Gasteiger partial charge in [-0.2, -0.15) is 5.10 Å². The molecule has 28 heavy (non-hydrogen) atoms. The van der Waals surface area contributed by atoms with Gasteiger partial charge in [-0.1, -0.05) is 36.8 Å². The predicted molar refractivity (Wildman–Crippen MR) is 109 cm³/mol. The summed E-state index contributed by atoms with van der Waals surface area (Å²) >= 11 is 0. The van der Waals surface area contributed by atoms with Crippen LogP contribution >= 0.6 is 0 Å². The Morgan fingerprint density at radius 1 is 1.11 bits per heavy atom. The van der Waals surface area contributed by atoms with E-state index in [0.29, 0.717) is 29.6 Å². The van der Waals surface area contributed by atoms with Gasteiger partial charge in [-0.05, 0) is 49.1 Å². The van der Waals surface area contributed by atoms with E-state index in [2.05, 4.69) is 45.2 Å². The van der Waals surface area contributed by atoms with Crippen LogP contribution < -0.4 is 0 Å². The number of carbonyl (C=O) groups is 1. The quantitative estimate of drug-likeness (QED) is 0.825. The minimum absolute atomic E-state index is 0.153. The Kier molecular flexibility index (Phi) is 4.71. The van der Waals surface area contributed by atoms with Gasteiger partial charge in [0.15, 0.2) is 0 Å². The summed E-state index contributed by atoms with van der Waals surface area (Å²) in [6.07, 6.45) is 8.08. The molecule has 4 heterocycles. The zero-order valence-electron chi connectivity index (χ0n) is 16.7. The summed E-state index contributed by atoms with van der Waals surface area (Å²) in [7, 11) is 1.86. The van der Waals surface area contributed by atoms with Crippen molar-refractivity contribution in [1.29, 1.82) is 0 Å². The molecule has 0 aliphatic carbocycles. The van der Waals surface area contributed by atoms with Gasteiger partial charge < -0.3 is 4.90 Å². The highest BCUT2D eigenvalue weighted by atomic mass is 16.2. The van der Waals surface area contributed by atoms with E-state index in [9.17, 15) is 4.79 Å². The highest BCUT2D eigenvalue weighted by Crippen LogP contribution is 2.40. The van der Waals surface area contributed by atoms with Crippen LogP contribution in [0.5, 0.6) is 0 Å². The first-order valence-electron chi connectivity index (χ1n) is 10.8. The molecule has 3 aliphatic rings. The van der Waals surface area contributed by atoms with E-state index in [1.54, 1.807) is 10.9 Å². The monoisotopic (exact) mass is 378 g/mol. The molecular formula is C23H30N4O. The number of nitrogens with zero attached hydrogens (tertiary/aromatic N) is 4. The lowest BCUT2D eigenvalue weighted by molar-refractivity contribution is -0.0500. The van der Waals surface area contributed by atoms with E-state index in [1.165, 1.54) is 31.2 Å². The molecule has 3 saturated heterocycles. The van der Waals surface area contributed by atoms with Gasteiger partial charge in [0.05, 0.1) is 0 Å². The first kappa shape index (κ1) is 17.9. The van der Waals surface area contributed by atoms with Gasteiger partial charge in [-0.3, -0.25) is 14.4 Å². The average Bonchev–Trinajstić information content (AvgIpc) is 3.14. The molecule has 4 atom stereocenters. The summed E-state index contributed by atoms with van der Waals surface area (Å²) in [5.41, 5.74) is 2.17. The van der Waals surface area contributed by atoms with E-state index in [4.69, 9.17) is 0 Å². The molecule has 0 saturated carbocycles. The Hall–Kier alpha value is -2.14. The second-order valence-corrected chi connectivity index (χ2v) is 8.95. The summed E-state index contributed by atoms with van der Waals surface area (Å²) in [6.45, 7) is 2.94. The molecule has 148 valence electrons. The van der Waals surface area contributed by atoms with Crippen LogP contribution in [0, 0.1) is 11.8 Å². The second kappa shape index (κ2) is 7.36. The van der Waals surface area contributed by atoms with Crippen molar-refractivity contribution in [3.05, 3.63) is 53.9 Å². The number of aryl methyl sites for hydroxylation is 1. The Labute approximate surface area is 167 Å². The van der Waals surface area contributed by atoms with Gasteiger partial charge in [0.25, 0.3) is 5.91 Å². The van der Waals surface area contributed by atoms with Crippen LogP contribution in [-0.2, 0) is 13.5 Å². The fraction of sp³-hybridized carbons (Fsp3) is 0.565. The van der Waals surface area contributed by atoms with E-state index < -0.39 is 0 Å². The van der Waals surface area contributed by atoms with Gasteiger partial charge in [0, 0.05) is 45.0 Å². The topological polar surface area (TPSA) is 41.4 Å². The highest BCUT2D eigenvalue weighted by molar-refractivity contribution is 5.92. The van der Waals surface area contributed by atoms with E-state index in [1.807, 2.05) is 13.1 Å². The van der Waals surface area contributed by atoms with Gasteiger partial charge in [-0.15, -0.1) is 0 Å². The molecule has 2 aromatic rings. The normalized spacial score (nSPS) is 30.1. The van der Waals surface area contributed by atoms with Crippen molar-refractivity contribution in [3.63, 3.8) is 0 Å². The molecule has 1 aromatic carbocycles. The minimum Gasteiger partial charge on any atom is -0.337 e. The Balaban J connectivity index is 1.32. The van der Waals surface area contributed by atoms with Crippen molar-refractivity contribution in [1.82, 2.24) is 19.6 Å². The smallest absolute Gasteiger partial charge is 0.272 e. The third kappa shape index (κ3) is 3.26. The summed E-state index contributed by atoms with van der Waals surface area (Å²) < 4.78 is 1.70. The van der Waals surface area contributed by atoms with Crippen molar-refractivity contribution in [2.24, 2.45) is 18.9 Å². The number of carbonyl (C=O) groups excluding carboxylic acids is 1. The fourth-order valence-electron chi connectivity index (χ4n) is 5.93. The molecule has 3 fully saturated rings. The van der Waals surface area contributed by atoms with Crippen LogP contribution in [0.15, 0.2) is 42.6 Å². The summed E-state index contributed by atoms with van der Waals surface area (Å²) in [6, 6.07) is 14.1. The molecule has 0 radical (unpaired) electrons. The minimum atomic E-state index is 0.153. The van der Waals surface area contributed by atoms with Crippen LogP contribution in [0.2, 0.25) is 0 Å². The van der Waals surface area contributed by atoms with Gasteiger partial charge in [0.2, 0.25) is 0 Å². The maximum Gasteiger partial charge on any atom is 0.272 e. The average molecular weight is 379 g/mol. The molecule has 0 spiro atoms. The number of hydrogen-bond donors (Lipinski definition) is 0. The molecule has 1 amide bonds. The van der Waals surface area contributed by atoms with Crippen molar-refractivity contribution in [2.75, 3.05) is 19.6 Å². The molecule has 5 nitrogen and oxygen atoms in total. The first-order valence-corrected chi connectivity index (χ1v) is 10.8. The number of likely N-dealkylation sites (tertiary alicyclic amines) is 1. The van der Waals surface area contributed by atoms with Gasteiger partial charge in [0.1, 0.15) is 5.69 Å². The molecule has 2 bridgehead atoms. The van der Waals surface area contributed by atoms with Crippen LogP contribution in [0.25, 0.3) is 0 Å². The number of fused-ring (bicyclic) bond motifs is 4. The Morgan fingerprint density at radius 2 is 1.96 bits per heavy atom. The van der Waals surface area contributed by atoms with Gasteiger partial charge in [-0.25, -0.2) is 0 Å². The number of amides is 1. The lowest BCUT2D eigenvalue weighted by atomic mass is 9.74. The lowest BCUT2D eigenvalue weighted by Crippen LogP contribution is -2.62. The predicted octanol–water partition coefficient (Wildman–Crippen LogP) is 2.98. The largest absolute Gasteiger partial charge is 0.337 e. The third-order valence-electron chi connectivity index (χ3n) is 7.16. The van der Waals surface area contributed by atoms with Gasteiger partial charge >= 0.3 is 0 Å². The maximum atomic E-state index is 13.0. The molecule has 1 aromatic heterocycles. The SMILES string of the molecule is Cn1nccc1C(=O)N1C[C@@H]2C[C@H](C1)[C@@H]1CCC[C@H](Cc3ccccc3)N1C2. The second-order valence-electron chi connectivity index (χ2n) is 8.95. The number of piperidine rings is 3. The molecular weight excluding hydrogens is 348 g/mol. The van der Waals surface area contributed by atoms with E-state index in [0.717, 1.165) is 26.1 Å². The zero-order chi connectivity index (χ0) is 19.1. The summed E-state index contributed by atoms with van der Waals surface area (Å²) in [4.78, 5) is 18.0. The van der Waals surface area contributed by atoms with Crippen LogP contribution in [0.4, 0.5) is 0 Å². The Morgan fingerprint density at radius 3 is 2.75 bits per heavy atom. The molecule has 5 rings (SSSR count). The van der Waals surface area contributed by atoms with Crippen LogP contribution in [0.1, 0.15) is 41.7 Å². The highest BCUT2D eigenvalue weighted by Gasteiger charge is 2.45. The summed E-state index contributed by atoms with van der Waals surface area (Å²) in [5, 5.41) is 4.18. The molecule has 5 heteroatoms. The summed E-state index contributed by atoms with van der Waals surface area (Å²) in [5.74, 6) is 1.37. The van der Waals surface area contributed by atoms with Crippen molar-refractivity contribution < 1.29 is 4.79 Å². The molecule has 3 aliphatic heterocycles. The number of benzene rings is 1. The standard InChI is InChI=1S/C23H30N4O/c1-25-22(10-11-24-25)23(28)26-14-18-12-19(16-26)21-9-5-8-20(27(21)15-18)13-17-6-3-2-4-7-17/h2-4,6-7,10-11,18-21H,5,8-9,12-16H2,1H3/t18-,19+,20+,21-/m0/s1. The molecule has 0 unspecified atom stereocenters. The van der Waals surface area contributed by atoms with Crippen molar-refractivity contribution >= 4 is 5.91 Å². The zero-order valence-corrected chi connectivity index (χ0v) is 16.7. The van der Waals surface area contributed by atoms with Crippen LogP contribution in [-0.4, -0.2) is 57.2 Å².